The molecule has 4 rings (SSSR count). The summed E-state index contributed by atoms with van der Waals surface area (Å²) in [6.07, 6.45) is 5.74. The summed E-state index contributed by atoms with van der Waals surface area (Å²) in [4.78, 5) is 14.4. The molecule has 1 aromatic heterocycles. The third kappa shape index (κ3) is 2.93. The molecule has 0 radical (unpaired) electrons. The lowest BCUT2D eigenvalue weighted by molar-refractivity contribution is 0.135. The lowest BCUT2D eigenvalue weighted by Crippen LogP contribution is -2.42. The van der Waals surface area contributed by atoms with Crippen LogP contribution in [0.1, 0.15) is 36.7 Å². The van der Waals surface area contributed by atoms with Crippen LogP contribution in [0.3, 0.4) is 0 Å². The van der Waals surface area contributed by atoms with Crippen LogP contribution in [0.5, 0.6) is 0 Å². The van der Waals surface area contributed by atoms with E-state index in [0.717, 1.165) is 12.2 Å². The summed E-state index contributed by atoms with van der Waals surface area (Å²) in [5, 5.41) is 6.80. The number of hydrogen-bond donors (Lipinski definition) is 1. The van der Waals surface area contributed by atoms with Crippen molar-refractivity contribution in [3.05, 3.63) is 51.7 Å². The van der Waals surface area contributed by atoms with Crippen molar-refractivity contribution >= 4 is 0 Å². The molecule has 1 fully saturated rings. The van der Waals surface area contributed by atoms with Gasteiger partial charge in [0.2, 0.25) is 0 Å². The number of nitrogens with zero attached hydrogens (tertiary/aromatic N) is 3. The Morgan fingerprint density at radius 1 is 1.17 bits per heavy atom. The number of piperidine rings is 1. The first-order valence-electron chi connectivity index (χ1n) is 9.19. The van der Waals surface area contributed by atoms with E-state index < -0.39 is 0 Å². The second-order valence-electron chi connectivity index (χ2n) is 7.20. The van der Waals surface area contributed by atoms with Crippen LogP contribution in [-0.2, 0) is 25.8 Å². The largest absolute Gasteiger partial charge is 0.343 e. The molecule has 5 heteroatoms. The third-order valence-corrected chi connectivity index (χ3v) is 5.82. The van der Waals surface area contributed by atoms with Gasteiger partial charge >= 0.3 is 5.69 Å². The lowest BCUT2D eigenvalue weighted by atomic mass is 9.92. The highest BCUT2D eigenvalue weighted by molar-refractivity contribution is 5.33. The van der Waals surface area contributed by atoms with E-state index in [1.165, 1.54) is 49.9 Å². The first-order valence-corrected chi connectivity index (χ1v) is 9.19. The van der Waals surface area contributed by atoms with Gasteiger partial charge < -0.3 is 0 Å². The fraction of sp³-hybridized carbons (Fsp3) is 0.579. The van der Waals surface area contributed by atoms with Gasteiger partial charge in [0.15, 0.2) is 0 Å². The van der Waals surface area contributed by atoms with Crippen molar-refractivity contribution in [3.63, 3.8) is 0 Å². The average Bonchev–Trinajstić information content (AvgIpc) is 3.19. The first kappa shape index (κ1) is 15.6. The molecule has 0 saturated carbocycles. The van der Waals surface area contributed by atoms with E-state index in [-0.39, 0.29) is 5.69 Å². The highest BCUT2D eigenvalue weighted by Crippen LogP contribution is 2.29. The van der Waals surface area contributed by atoms with Gasteiger partial charge in [-0.25, -0.2) is 9.89 Å². The topological polar surface area (TPSA) is 53.9 Å². The van der Waals surface area contributed by atoms with E-state index in [2.05, 4.69) is 39.4 Å². The second kappa shape index (κ2) is 6.55. The number of likely N-dealkylation sites (tertiary alicyclic amines) is 1. The van der Waals surface area contributed by atoms with E-state index >= 15 is 0 Å². The van der Waals surface area contributed by atoms with Crippen LogP contribution in [0.4, 0.5) is 0 Å². The van der Waals surface area contributed by atoms with E-state index in [4.69, 9.17) is 0 Å². The number of nitrogens with one attached hydrogen (secondary N) is 1. The number of benzene rings is 1. The molecule has 0 amide bonds. The predicted molar refractivity (Wildman–Crippen MR) is 94.2 cm³/mol. The normalized spacial score (nSPS) is 19.7. The molecule has 0 spiro atoms. The molecule has 24 heavy (non-hydrogen) atoms. The Hall–Kier alpha value is -1.88. The quantitative estimate of drug-likeness (QED) is 0.935. The summed E-state index contributed by atoms with van der Waals surface area (Å²) < 4.78 is 1.76. The Balaban J connectivity index is 1.34. The number of aromatic nitrogens is 3. The van der Waals surface area contributed by atoms with Gasteiger partial charge in [-0.3, -0.25) is 9.47 Å². The van der Waals surface area contributed by atoms with Crippen molar-refractivity contribution in [2.24, 2.45) is 5.92 Å². The van der Waals surface area contributed by atoms with Crippen LogP contribution in [-0.4, -0.2) is 38.8 Å². The summed E-state index contributed by atoms with van der Waals surface area (Å²) >= 11 is 0. The SMILES string of the molecule is CCn1c(CC2CCN(C3Cc4ccccc4C3)CC2)n[nH]c1=O. The molecule has 128 valence electrons. The van der Waals surface area contributed by atoms with E-state index in [1.54, 1.807) is 4.57 Å². The maximum Gasteiger partial charge on any atom is 0.343 e. The minimum absolute atomic E-state index is 0.0753. The fourth-order valence-corrected chi connectivity index (χ4v) is 4.41. The van der Waals surface area contributed by atoms with Crippen LogP contribution >= 0.6 is 0 Å². The third-order valence-electron chi connectivity index (χ3n) is 5.82. The summed E-state index contributed by atoms with van der Waals surface area (Å²) in [5.41, 5.74) is 3.00. The Morgan fingerprint density at radius 3 is 2.46 bits per heavy atom. The molecular weight excluding hydrogens is 300 g/mol. The maximum atomic E-state index is 11.7. The van der Waals surface area contributed by atoms with Gasteiger partial charge in [-0.15, -0.1) is 0 Å². The minimum atomic E-state index is -0.0753. The molecule has 1 N–H and O–H groups in total. The lowest BCUT2D eigenvalue weighted by Gasteiger charge is -2.36. The van der Waals surface area contributed by atoms with Crippen LogP contribution in [0.2, 0.25) is 0 Å². The molecule has 2 heterocycles. The summed E-state index contributed by atoms with van der Waals surface area (Å²) in [6.45, 7) is 5.04. The van der Waals surface area contributed by atoms with Crippen molar-refractivity contribution in [2.75, 3.05) is 13.1 Å². The second-order valence-corrected chi connectivity index (χ2v) is 7.20. The standard InChI is InChI=1S/C19H26N4O/c1-2-23-18(20-21-19(23)24)11-14-7-9-22(10-8-14)17-12-15-5-3-4-6-16(15)13-17/h3-6,14,17H,2,7-13H2,1H3,(H,21,24). The molecule has 2 aliphatic rings. The zero-order valence-corrected chi connectivity index (χ0v) is 14.4. The summed E-state index contributed by atoms with van der Waals surface area (Å²) in [5.74, 6) is 1.57. The molecule has 1 aliphatic carbocycles. The van der Waals surface area contributed by atoms with Crippen molar-refractivity contribution in [1.29, 1.82) is 0 Å². The van der Waals surface area contributed by atoms with Gasteiger partial charge in [0.05, 0.1) is 0 Å². The van der Waals surface area contributed by atoms with Gasteiger partial charge in [0.1, 0.15) is 5.82 Å². The van der Waals surface area contributed by atoms with Gasteiger partial charge in [0.25, 0.3) is 0 Å². The number of aromatic amines is 1. The summed E-state index contributed by atoms with van der Waals surface area (Å²) in [6, 6.07) is 9.56. The Morgan fingerprint density at radius 2 is 1.83 bits per heavy atom. The molecule has 1 aliphatic heterocycles. The predicted octanol–water partition coefficient (Wildman–Crippen LogP) is 2.01. The van der Waals surface area contributed by atoms with Crippen molar-refractivity contribution in [3.8, 4) is 0 Å². The fourth-order valence-electron chi connectivity index (χ4n) is 4.41. The van der Waals surface area contributed by atoms with Gasteiger partial charge in [0, 0.05) is 19.0 Å². The van der Waals surface area contributed by atoms with Gasteiger partial charge in [-0.1, -0.05) is 24.3 Å². The highest BCUT2D eigenvalue weighted by Gasteiger charge is 2.30. The molecule has 0 atom stereocenters. The number of H-pyrrole nitrogens is 1. The van der Waals surface area contributed by atoms with Gasteiger partial charge in [-0.05, 0) is 62.7 Å². The monoisotopic (exact) mass is 326 g/mol. The molecule has 0 bridgehead atoms. The average molecular weight is 326 g/mol. The molecule has 1 aromatic carbocycles. The Labute approximate surface area is 142 Å². The smallest absolute Gasteiger partial charge is 0.300 e. The maximum absolute atomic E-state index is 11.7. The van der Waals surface area contributed by atoms with Crippen molar-refractivity contribution < 1.29 is 0 Å². The molecule has 0 unspecified atom stereocenters. The number of fused-ring (bicyclic) bond motifs is 1. The zero-order valence-electron chi connectivity index (χ0n) is 14.4. The highest BCUT2D eigenvalue weighted by atomic mass is 16.1. The molecular formula is C19H26N4O. The van der Waals surface area contributed by atoms with Crippen molar-refractivity contribution in [2.45, 2.75) is 51.6 Å². The Kier molecular flexibility index (Phi) is 4.27. The Bertz CT molecular complexity index is 730. The zero-order chi connectivity index (χ0) is 16.5. The molecule has 2 aromatic rings. The van der Waals surface area contributed by atoms with Gasteiger partial charge in [-0.2, -0.15) is 5.10 Å². The van der Waals surface area contributed by atoms with Crippen molar-refractivity contribution in [1.82, 2.24) is 19.7 Å². The van der Waals surface area contributed by atoms with Crippen LogP contribution < -0.4 is 5.69 Å². The van der Waals surface area contributed by atoms with Crippen LogP contribution in [0.25, 0.3) is 0 Å². The van der Waals surface area contributed by atoms with E-state index in [1.807, 2.05) is 6.92 Å². The first-order chi connectivity index (χ1) is 11.7. The van der Waals surface area contributed by atoms with Crippen LogP contribution in [0, 0.1) is 5.92 Å². The van der Waals surface area contributed by atoms with E-state index in [9.17, 15) is 4.79 Å². The van der Waals surface area contributed by atoms with Crippen LogP contribution in [0.15, 0.2) is 29.1 Å². The number of hydrogen-bond acceptors (Lipinski definition) is 3. The summed E-state index contributed by atoms with van der Waals surface area (Å²) in [7, 11) is 0. The molecule has 1 saturated heterocycles. The molecule has 5 nitrogen and oxygen atoms in total. The minimum Gasteiger partial charge on any atom is -0.300 e. The number of rotatable bonds is 4. The van der Waals surface area contributed by atoms with E-state index in [0.29, 0.717) is 18.5 Å².